The number of hydrogen-bond acceptors (Lipinski definition) is 2. The fourth-order valence-electron chi connectivity index (χ4n) is 2.67. The van der Waals surface area contributed by atoms with Gasteiger partial charge in [0, 0.05) is 25.2 Å². The molecule has 2 N–H and O–H groups in total. The Bertz CT molecular complexity index is 271. The van der Waals surface area contributed by atoms with E-state index in [1.165, 1.54) is 38.8 Å². The Morgan fingerprint density at radius 3 is 2.77 bits per heavy atom. The zero-order chi connectivity index (χ0) is 8.67. The molecule has 3 rings (SSSR count). The second-order valence-corrected chi connectivity index (χ2v) is 4.25. The molecule has 0 bridgehead atoms. The molecule has 0 spiro atoms. The molecular weight excluding hydrogens is 160 g/mol. The summed E-state index contributed by atoms with van der Waals surface area (Å²) < 4.78 is 0. The third-order valence-electron chi connectivity index (χ3n) is 3.45. The quantitative estimate of drug-likeness (QED) is 0.544. The predicted molar refractivity (Wildman–Crippen MR) is 53.4 cm³/mol. The molecule has 3 aliphatic rings. The summed E-state index contributed by atoms with van der Waals surface area (Å²) >= 11 is 0. The third kappa shape index (κ3) is 1.20. The normalized spacial score (nSPS) is 27.1. The second-order valence-electron chi connectivity index (χ2n) is 4.25. The Balaban J connectivity index is 1.87. The first kappa shape index (κ1) is 7.63. The molecule has 13 heavy (non-hydrogen) atoms. The van der Waals surface area contributed by atoms with Crippen LogP contribution in [0.4, 0.5) is 0 Å². The van der Waals surface area contributed by atoms with Gasteiger partial charge < -0.3 is 10.6 Å². The maximum Gasteiger partial charge on any atom is 0.0182 e. The average Bonchev–Trinajstić information content (AvgIpc) is 2.61. The van der Waals surface area contributed by atoms with Crippen LogP contribution in [0.15, 0.2) is 22.4 Å². The van der Waals surface area contributed by atoms with Crippen molar-refractivity contribution in [2.24, 2.45) is 0 Å². The van der Waals surface area contributed by atoms with Crippen LogP contribution < -0.4 is 10.6 Å². The highest BCUT2D eigenvalue weighted by molar-refractivity contribution is 5.37. The molecule has 0 saturated carbocycles. The zero-order valence-electron chi connectivity index (χ0n) is 7.95. The van der Waals surface area contributed by atoms with Gasteiger partial charge in [-0.1, -0.05) is 11.1 Å². The van der Waals surface area contributed by atoms with E-state index in [0.717, 1.165) is 6.54 Å². The van der Waals surface area contributed by atoms with Crippen molar-refractivity contribution >= 4 is 0 Å². The molecule has 2 nitrogen and oxygen atoms in total. The smallest absolute Gasteiger partial charge is 0.0182 e. The van der Waals surface area contributed by atoms with E-state index in [1.807, 2.05) is 0 Å². The van der Waals surface area contributed by atoms with Gasteiger partial charge in [-0.25, -0.2) is 0 Å². The molecule has 0 atom stereocenters. The second kappa shape index (κ2) is 2.88. The van der Waals surface area contributed by atoms with Crippen molar-refractivity contribution in [1.82, 2.24) is 10.6 Å². The monoisotopic (exact) mass is 176 g/mol. The maximum atomic E-state index is 3.52. The van der Waals surface area contributed by atoms with Gasteiger partial charge in [0.2, 0.25) is 0 Å². The third-order valence-corrected chi connectivity index (χ3v) is 3.45. The Labute approximate surface area is 79.1 Å². The molecule has 1 aliphatic carbocycles. The fraction of sp³-hybridized carbons (Fsp3) is 0.636. The molecule has 2 heterocycles. The predicted octanol–water partition coefficient (Wildman–Crippen LogP) is 1.32. The summed E-state index contributed by atoms with van der Waals surface area (Å²) in [5.41, 5.74) is 6.64. The highest BCUT2D eigenvalue weighted by atomic mass is 14.9. The maximum absolute atomic E-state index is 3.52. The van der Waals surface area contributed by atoms with Crippen LogP contribution in [0.1, 0.15) is 25.7 Å². The lowest BCUT2D eigenvalue weighted by atomic mass is 9.86. The van der Waals surface area contributed by atoms with E-state index in [-0.39, 0.29) is 0 Å². The van der Waals surface area contributed by atoms with E-state index >= 15 is 0 Å². The first-order valence-electron chi connectivity index (χ1n) is 5.29. The minimum atomic E-state index is 1.14. The van der Waals surface area contributed by atoms with Gasteiger partial charge in [0.05, 0.1) is 0 Å². The van der Waals surface area contributed by atoms with Crippen LogP contribution >= 0.6 is 0 Å². The highest BCUT2D eigenvalue weighted by Crippen LogP contribution is 2.35. The van der Waals surface area contributed by atoms with Crippen molar-refractivity contribution in [2.75, 3.05) is 19.6 Å². The van der Waals surface area contributed by atoms with E-state index in [2.05, 4.69) is 10.6 Å². The molecule has 0 aromatic carbocycles. The van der Waals surface area contributed by atoms with Gasteiger partial charge in [-0.15, -0.1) is 0 Å². The molecule has 0 fully saturated rings. The summed E-state index contributed by atoms with van der Waals surface area (Å²) in [7, 11) is 0. The zero-order valence-corrected chi connectivity index (χ0v) is 7.95. The molecule has 0 saturated heterocycles. The first-order chi connectivity index (χ1) is 6.43. The first-order valence-corrected chi connectivity index (χ1v) is 5.29. The summed E-state index contributed by atoms with van der Waals surface area (Å²) in [5, 5.41) is 6.98. The van der Waals surface area contributed by atoms with Crippen molar-refractivity contribution in [1.29, 1.82) is 0 Å². The lowest BCUT2D eigenvalue weighted by molar-refractivity contribution is 0.637. The van der Waals surface area contributed by atoms with Crippen molar-refractivity contribution in [3.63, 3.8) is 0 Å². The van der Waals surface area contributed by atoms with Gasteiger partial charge in [-0.3, -0.25) is 0 Å². The van der Waals surface area contributed by atoms with Crippen LogP contribution in [0.5, 0.6) is 0 Å². The lowest BCUT2D eigenvalue weighted by Gasteiger charge is -2.26. The van der Waals surface area contributed by atoms with Crippen LogP contribution in [0.3, 0.4) is 0 Å². The minimum absolute atomic E-state index is 1.14. The average molecular weight is 176 g/mol. The summed E-state index contributed by atoms with van der Waals surface area (Å²) in [4.78, 5) is 0. The van der Waals surface area contributed by atoms with E-state index in [0.29, 0.717) is 0 Å². The van der Waals surface area contributed by atoms with E-state index in [4.69, 9.17) is 0 Å². The largest absolute Gasteiger partial charge is 0.388 e. The van der Waals surface area contributed by atoms with Gasteiger partial charge in [-0.2, -0.15) is 0 Å². The van der Waals surface area contributed by atoms with Crippen molar-refractivity contribution in [2.45, 2.75) is 25.7 Å². The van der Waals surface area contributed by atoms with Gasteiger partial charge in [-0.05, 0) is 31.4 Å². The van der Waals surface area contributed by atoms with Crippen LogP contribution in [0.2, 0.25) is 0 Å². The Kier molecular flexibility index (Phi) is 1.69. The SMILES string of the molecule is C1CC2=C(CN1)CC1=C(C2)NCC1. The summed E-state index contributed by atoms with van der Waals surface area (Å²) in [5.74, 6) is 0. The molecule has 2 aliphatic heterocycles. The fourth-order valence-corrected chi connectivity index (χ4v) is 2.67. The number of nitrogens with one attached hydrogen (secondary N) is 2. The van der Waals surface area contributed by atoms with Crippen molar-refractivity contribution in [3.8, 4) is 0 Å². The Hall–Kier alpha value is -0.760. The summed E-state index contributed by atoms with van der Waals surface area (Å²) in [6, 6.07) is 0. The van der Waals surface area contributed by atoms with Gasteiger partial charge in [0.15, 0.2) is 0 Å². The number of rotatable bonds is 0. The number of allylic oxidation sites excluding steroid dienone is 1. The molecular formula is C11H16N2. The molecule has 0 amide bonds. The van der Waals surface area contributed by atoms with Gasteiger partial charge in [0.1, 0.15) is 0 Å². The summed E-state index contributed by atoms with van der Waals surface area (Å²) in [6.45, 7) is 3.51. The standard InChI is InChI=1S/C11H16N2/c1-3-12-7-10-5-9-2-4-13-11(9)6-8(1)10/h12-13H,1-7H2. The van der Waals surface area contributed by atoms with Crippen LogP contribution in [-0.4, -0.2) is 19.6 Å². The lowest BCUT2D eigenvalue weighted by Crippen LogP contribution is -2.27. The van der Waals surface area contributed by atoms with E-state index in [9.17, 15) is 0 Å². The molecule has 0 unspecified atom stereocenters. The van der Waals surface area contributed by atoms with Crippen LogP contribution in [0, 0.1) is 0 Å². The minimum Gasteiger partial charge on any atom is -0.388 e. The number of hydrogen-bond donors (Lipinski definition) is 2. The molecule has 0 aromatic heterocycles. The van der Waals surface area contributed by atoms with Crippen LogP contribution in [0.25, 0.3) is 0 Å². The topological polar surface area (TPSA) is 24.1 Å². The van der Waals surface area contributed by atoms with E-state index < -0.39 is 0 Å². The highest BCUT2D eigenvalue weighted by Gasteiger charge is 2.24. The Morgan fingerprint density at radius 1 is 0.846 bits per heavy atom. The molecule has 0 aromatic rings. The van der Waals surface area contributed by atoms with Crippen molar-refractivity contribution in [3.05, 3.63) is 22.4 Å². The van der Waals surface area contributed by atoms with E-state index in [1.54, 1.807) is 22.4 Å². The molecule has 2 heteroatoms. The van der Waals surface area contributed by atoms with Gasteiger partial charge >= 0.3 is 0 Å². The summed E-state index contributed by atoms with van der Waals surface area (Å²) in [6.07, 6.45) is 5.04. The van der Waals surface area contributed by atoms with Crippen LogP contribution in [-0.2, 0) is 0 Å². The van der Waals surface area contributed by atoms with Gasteiger partial charge in [0.25, 0.3) is 0 Å². The molecule has 70 valence electrons. The Morgan fingerprint density at radius 2 is 1.77 bits per heavy atom. The molecule has 0 radical (unpaired) electrons. The van der Waals surface area contributed by atoms with Crippen molar-refractivity contribution < 1.29 is 0 Å².